The van der Waals surface area contributed by atoms with E-state index in [4.69, 9.17) is 11.6 Å². The first-order chi connectivity index (χ1) is 11.6. The largest absolute Gasteiger partial charge is 0.339 e. The third-order valence-corrected chi connectivity index (χ3v) is 5.35. The molecule has 1 amide bonds. The Hall–Kier alpha value is -1.06. The number of piperidine rings is 1. The number of rotatable bonds is 6. The summed E-state index contributed by atoms with van der Waals surface area (Å²) in [5, 5.41) is 4.39. The third-order valence-electron chi connectivity index (χ3n) is 4.98. The Morgan fingerprint density at radius 2 is 1.80 bits per heavy atom. The molecule has 0 atom stereocenters. The minimum Gasteiger partial charge on any atom is -0.339 e. The molecule has 0 unspecified atom stereocenters. The molecular weight excluding hydrogens is 332 g/mol. The second kappa shape index (κ2) is 8.09. The maximum Gasteiger partial charge on any atom is 0.227 e. The van der Waals surface area contributed by atoms with E-state index in [9.17, 15) is 4.79 Å². The fourth-order valence-electron chi connectivity index (χ4n) is 4.23. The molecule has 3 nitrogen and oxygen atoms in total. The Morgan fingerprint density at radius 3 is 2.36 bits per heavy atom. The van der Waals surface area contributed by atoms with Crippen molar-refractivity contribution in [3.05, 3.63) is 34.9 Å². The zero-order valence-electron chi connectivity index (χ0n) is 16.4. The van der Waals surface area contributed by atoms with Crippen LogP contribution in [0, 0.1) is 0 Å². The van der Waals surface area contributed by atoms with E-state index in [-0.39, 0.29) is 23.0 Å². The number of nitrogens with one attached hydrogen (secondary N) is 1. The molecule has 140 valence electrons. The molecule has 0 saturated carbocycles. The summed E-state index contributed by atoms with van der Waals surface area (Å²) in [6.45, 7) is 11.9. The van der Waals surface area contributed by atoms with Gasteiger partial charge in [-0.1, -0.05) is 43.1 Å². The van der Waals surface area contributed by atoms with E-state index in [2.05, 4.69) is 44.8 Å². The molecule has 1 aromatic rings. The number of benzene rings is 1. The molecule has 1 saturated heterocycles. The summed E-state index contributed by atoms with van der Waals surface area (Å²) >= 11 is 6.27. The fraction of sp³-hybridized carbons (Fsp3) is 0.667. The van der Waals surface area contributed by atoms with Crippen molar-refractivity contribution in [2.45, 2.75) is 83.8 Å². The maximum atomic E-state index is 13.1. The number of halogens is 1. The predicted octanol–water partition coefficient (Wildman–Crippen LogP) is 4.82. The van der Waals surface area contributed by atoms with Gasteiger partial charge in [-0.05, 0) is 58.6 Å². The minimum absolute atomic E-state index is 0.0293. The van der Waals surface area contributed by atoms with Crippen molar-refractivity contribution in [2.75, 3.05) is 6.54 Å². The standard InChI is InChI=1S/C21H33ClN2O/c1-6-7-12-24(17-14-20(2,3)23-21(4,5)15-17)19(25)13-16-10-8-9-11-18(16)22/h8-11,17,23H,6-7,12-15H2,1-5H3. The quantitative estimate of drug-likeness (QED) is 0.784. The van der Waals surface area contributed by atoms with Crippen LogP contribution in [0.1, 0.15) is 65.9 Å². The smallest absolute Gasteiger partial charge is 0.227 e. The summed E-state index contributed by atoms with van der Waals surface area (Å²) in [5.41, 5.74) is 0.978. The molecule has 0 bridgehead atoms. The Morgan fingerprint density at radius 1 is 1.20 bits per heavy atom. The van der Waals surface area contributed by atoms with Crippen LogP contribution in [-0.2, 0) is 11.2 Å². The van der Waals surface area contributed by atoms with E-state index in [0.29, 0.717) is 11.4 Å². The highest BCUT2D eigenvalue weighted by molar-refractivity contribution is 6.31. The third kappa shape index (κ3) is 5.72. The van der Waals surface area contributed by atoms with E-state index in [1.165, 1.54) is 0 Å². The van der Waals surface area contributed by atoms with Crippen LogP contribution in [0.15, 0.2) is 24.3 Å². The molecule has 0 aliphatic carbocycles. The van der Waals surface area contributed by atoms with Crippen molar-refractivity contribution < 1.29 is 4.79 Å². The Kier molecular flexibility index (Phi) is 6.56. The summed E-state index contributed by atoms with van der Waals surface area (Å²) in [5.74, 6) is 0.194. The summed E-state index contributed by atoms with van der Waals surface area (Å²) in [4.78, 5) is 15.3. The van der Waals surface area contributed by atoms with Crippen LogP contribution >= 0.6 is 11.6 Å². The molecular formula is C21H33ClN2O. The van der Waals surface area contributed by atoms with Gasteiger partial charge in [-0.2, -0.15) is 0 Å². The highest BCUT2D eigenvalue weighted by Crippen LogP contribution is 2.32. The van der Waals surface area contributed by atoms with E-state index in [1.54, 1.807) is 0 Å². The predicted molar refractivity (Wildman–Crippen MR) is 106 cm³/mol. The molecule has 2 rings (SSSR count). The van der Waals surface area contributed by atoms with Crippen LogP contribution in [0.25, 0.3) is 0 Å². The minimum atomic E-state index is 0.0293. The molecule has 0 radical (unpaired) electrons. The molecule has 1 fully saturated rings. The second-order valence-electron chi connectivity index (χ2n) is 8.66. The highest BCUT2D eigenvalue weighted by Gasteiger charge is 2.40. The topological polar surface area (TPSA) is 32.3 Å². The van der Waals surface area contributed by atoms with Gasteiger partial charge in [0.25, 0.3) is 0 Å². The average Bonchev–Trinajstić information content (AvgIpc) is 2.47. The summed E-state index contributed by atoms with van der Waals surface area (Å²) in [6, 6.07) is 7.93. The van der Waals surface area contributed by atoms with E-state index >= 15 is 0 Å². The highest BCUT2D eigenvalue weighted by atomic mass is 35.5. The van der Waals surface area contributed by atoms with Gasteiger partial charge in [0.2, 0.25) is 5.91 Å². The number of hydrogen-bond acceptors (Lipinski definition) is 2. The number of amides is 1. The van der Waals surface area contributed by atoms with Crippen molar-refractivity contribution in [1.29, 1.82) is 0 Å². The van der Waals surface area contributed by atoms with Crippen LogP contribution in [0.4, 0.5) is 0 Å². The molecule has 4 heteroatoms. The van der Waals surface area contributed by atoms with Crippen molar-refractivity contribution in [1.82, 2.24) is 10.2 Å². The fourth-order valence-corrected chi connectivity index (χ4v) is 4.44. The normalized spacial score (nSPS) is 19.6. The van der Waals surface area contributed by atoms with Gasteiger partial charge >= 0.3 is 0 Å². The maximum absolute atomic E-state index is 13.1. The van der Waals surface area contributed by atoms with Gasteiger partial charge in [-0.3, -0.25) is 4.79 Å². The van der Waals surface area contributed by atoms with Crippen LogP contribution in [0.5, 0.6) is 0 Å². The lowest BCUT2D eigenvalue weighted by atomic mass is 9.79. The molecule has 1 aliphatic rings. The van der Waals surface area contributed by atoms with E-state index in [0.717, 1.165) is 37.8 Å². The van der Waals surface area contributed by atoms with Crippen molar-refractivity contribution in [2.24, 2.45) is 0 Å². The summed E-state index contributed by atoms with van der Waals surface area (Å²) in [7, 11) is 0. The number of unbranched alkanes of at least 4 members (excludes halogenated alkanes) is 1. The Balaban J connectivity index is 2.20. The number of hydrogen-bond donors (Lipinski definition) is 1. The molecule has 1 aliphatic heterocycles. The molecule has 0 aromatic heterocycles. The van der Waals surface area contributed by atoms with Crippen LogP contribution in [0.3, 0.4) is 0 Å². The lowest BCUT2D eigenvalue weighted by molar-refractivity contribution is -0.134. The van der Waals surface area contributed by atoms with Crippen molar-refractivity contribution in [3.63, 3.8) is 0 Å². The summed E-state index contributed by atoms with van der Waals surface area (Å²) < 4.78 is 0. The lowest BCUT2D eigenvalue weighted by Crippen LogP contribution is -2.63. The van der Waals surface area contributed by atoms with E-state index < -0.39 is 0 Å². The van der Waals surface area contributed by atoms with Crippen LogP contribution in [0.2, 0.25) is 5.02 Å². The average molecular weight is 365 g/mol. The zero-order valence-corrected chi connectivity index (χ0v) is 17.1. The second-order valence-corrected chi connectivity index (χ2v) is 9.07. The lowest BCUT2D eigenvalue weighted by Gasteiger charge is -2.49. The SMILES string of the molecule is CCCCN(C(=O)Cc1ccccc1Cl)C1CC(C)(C)NC(C)(C)C1. The van der Waals surface area contributed by atoms with Crippen molar-refractivity contribution in [3.8, 4) is 0 Å². The van der Waals surface area contributed by atoms with Gasteiger partial charge in [0.1, 0.15) is 0 Å². The number of nitrogens with zero attached hydrogens (tertiary/aromatic N) is 1. The molecule has 0 spiro atoms. The molecule has 1 N–H and O–H groups in total. The van der Waals surface area contributed by atoms with Crippen LogP contribution in [-0.4, -0.2) is 34.5 Å². The van der Waals surface area contributed by atoms with Gasteiger partial charge in [-0.25, -0.2) is 0 Å². The van der Waals surface area contributed by atoms with Gasteiger partial charge in [-0.15, -0.1) is 0 Å². The first-order valence-corrected chi connectivity index (χ1v) is 9.83. The van der Waals surface area contributed by atoms with Gasteiger partial charge in [0.05, 0.1) is 6.42 Å². The summed E-state index contributed by atoms with van der Waals surface area (Å²) in [6.07, 6.45) is 4.48. The van der Waals surface area contributed by atoms with Gasteiger partial charge < -0.3 is 10.2 Å². The first kappa shape index (κ1) is 20.3. The van der Waals surface area contributed by atoms with Crippen molar-refractivity contribution >= 4 is 17.5 Å². The van der Waals surface area contributed by atoms with Gasteiger partial charge in [0.15, 0.2) is 0 Å². The first-order valence-electron chi connectivity index (χ1n) is 9.46. The molecule has 25 heavy (non-hydrogen) atoms. The zero-order chi connectivity index (χ0) is 18.7. The molecule has 1 aromatic carbocycles. The Bertz CT molecular complexity index is 581. The number of carbonyl (C=O) groups is 1. The van der Waals surface area contributed by atoms with E-state index in [1.807, 2.05) is 24.3 Å². The Labute approximate surface area is 158 Å². The van der Waals surface area contributed by atoms with Gasteiger partial charge in [0, 0.05) is 28.7 Å². The molecule has 1 heterocycles. The van der Waals surface area contributed by atoms with Crippen LogP contribution < -0.4 is 5.32 Å². The monoisotopic (exact) mass is 364 g/mol. The number of carbonyl (C=O) groups excluding carboxylic acids is 1.